The minimum atomic E-state index is 0.0779. The fourth-order valence-corrected chi connectivity index (χ4v) is 10.4. The molecule has 62 heavy (non-hydrogen) atoms. The molecule has 0 amide bonds. The van der Waals surface area contributed by atoms with E-state index in [4.69, 9.17) is 9.97 Å². The molecule has 0 saturated carbocycles. The summed E-state index contributed by atoms with van der Waals surface area (Å²) in [5.74, 6) is 0.156. The Kier molecular flexibility index (Phi) is 7.70. The summed E-state index contributed by atoms with van der Waals surface area (Å²) in [4.78, 5) is 15.7. The lowest BCUT2D eigenvalue weighted by Crippen LogP contribution is -2.29. The van der Waals surface area contributed by atoms with E-state index < -0.39 is 0 Å². The van der Waals surface area contributed by atoms with Gasteiger partial charge in [0, 0.05) is 33.5 Å². The fourth-order valence-electron chi connectivity index (χ4n) is 10.4. The Morgan fingerprint density at radius 3 is 0.903 bits per heavy atom. The van der Waals surface area contributed by atoms with Gasteiger partial charge in [-0.05, 0) is 141 Å². The first-order valence-electron chi connectivity index (χ1n) is 21.4. The number of hydrogen-bond acceptors (Lipinski definition) is 4. The van der Waals surface area contributed by atoms with Crippen molar-refractivity contribution < 1.29 is 0 Å². The van der Waals surface area contributed by atoms with Crippen molar-refractivity contribution in [2.45, 2.75) is 11.8 Å². The average molecular weight is 791 g/mol. The lowest BCUT2D eigenvalue weighted by atomic mass is 9.64. The molecule has 0 unspecified atom stereocenters. The zero-order valence-electron chi connectivity index (χ0n) is 33.7. The van der Waals surface area contributed by atoms with Crippen LogP contribution in [0.5, 0.6) is 0 Å². The third-order valence-corrected chi connectivity index (χ3v) is 13.0. The number of nitrogens with zero attached hydrogens (tertiary/aromatic N) is 4. The van der Waals surface area contributed by atoms with Crippen molar-refractivity contribution in [3.8, 4) is 0 Å². The molecule has 0 spiro atoms. The van der Waals surface area contributed by atoms with Crippen molar-refractivity contribution >= 4 is 77.5 Å². The molecule has 14 rings (SSSR count). The van der Waals surface area contributed by atoms with Gasteiger partial charge in [0.2, 0.25) is 0 Å². The van der Waals surface area contributed by atoms with Gasteiger partial charge in [0.05, 0.1) is 45.6 Å². The van der Waals surface area contributed by atoms with E-state index in [0.717, 1.165) is 78.1 Å². The van der Waals surface area contributed by atoms with Gasteiger partial charge in [-0.3, -0.25) is 0 Å². The molecule has 0 N–H and O–H groups in total. The second-order valence-electron chi connectivity index (χ2n) is 16.5. The Bertz CT molecular complexity index is 3170. The monoisotopic (exact) mass is 790 g/mol. The van der Waals surface area contributed by atoms with Crippen LogP contribution in [0.4, 0.5) is 34.1 Å². The fraction of sp³-hybridized carbons (Fsp3) is 0.0345. The standard InChI is InChI=1S/C58H38N4/c1-5-17-41(18-6-1)61(42-19-7-2-8-20-42)53-29-30-54(62(43-21-9-3-10-22-43)44-23-11-4-12-24-44)50-34-38-32-40-36-52-51(35-39(40)31-37(38)33-49(50)53)59-57-55-45-25-13-15-27-47(45)56(58(57)60-52)48-28-16-14-26-46(48)55/h1-36,55-56H. The summed E-state index contributed by atoms with van der Waals surface area (Å²) in [6.07, 6.45) is 0. The molecule has 1 aromatic heterocycles. The smallest absolute Gasteiger partial charge is 0.0897 e. The SMILES string of the molecule is c1ccc(N(c2ccccc2)c2ccc(N(c3ccccc3)c3ccccc3)c3cc4cc5cc6nc7c(nc6cc5cc4cc23)C2c3ccccc3C7c3ccccc32)cc1. The molecule has 2 bridgehead atoms. The number of rotatable bonds is 6. The topological polar surface area (TPSA) is 32.3 Å². The van der Waals surface area contributed by atoms with Gasteiger partial charge in [-0.15, -0.1) is 0 Å². The molecule has 3 aliphatic carbocycles. The maximum absolute atomic E-state index is 5.49. The van der Waals surface area contributed by atoms with Crippen LogP contribution in [-0.4, -0.2) is 9.97 Å². The van der Waals surface area contributed by atoms with Gasteiger partial charge in [0.1, 0.15) is 0 Å². The maximum Gasteiger partial charge on any atom is 0.0897 e. The predicted octanol–water partition coefficient (Wildman–Crippen LogP) is 15.0. The zero-order chi connectivity index (χ0) is 40.7. The Morgan fingerprint density at radius 2 is 0.581 bits per heavy atom. The average Bonchev–Trinajstić information content (AvgIpc) is 3.33. The van der Waals surface area contributed by atoms with E-state index in [0.29, 0.717) is 0 Å². The molecule has 10 aromatic carbocycles. The highest BCUT2D eigenvalue weighted by molar-refractivity contribution is 6.15. The molecular formula is C58H38N4. The van der Waals surface area contributed by atoms with Gasteiger partial charge < -0.3 is 9.80 Å². The summed E-state index contributed by atoms with van der Waals surface area (Å²) < 4.78 is 0. The van der Waals surface area contributed by atoms with Crippen molar-refractivity contribution in [2.24, 2.45) is 0 Å². The molecule has 290 valence electrons. The molecular weight excluding hydrogens is 753 g/mol. The number of aromatic nitrogens is 2. The van der Waals surface area contributed by atoms with E-state index in [2.05, 4.69) is 228 Å². The molecule has 0 atom stereocenters. The highest BCUT2D eigenvalue weighted by Gasteiger charge is 2.43. The number of benzene rings is 10. The predicted molar refractivity (Wildman–Crippen MR) is 256 cm³/mol. The van der Waals surface area contributed by atoms with Crippen LogP contribution in [0.2, 0.25) is 0 Å². The van der Waals surface area contributed by atoms with Gasteiger partial charge in [-0.25, -0.2) is 9.97 Å². The number of hydrogen-bond donors (Lipinski definition) is 0. The van der Waals surface area contributed by atoms with E-state index in [1.807, 2.05) is 0 Å². The first-order valence-corrected chi connectivity index (χ1v) is 21.4. The Labute approximate surface area is 359 Å². The molecule has 0 aliphatic heterocycles. The molecule has 0 radical (unpaired) electrons. The van der Waals surface area contributed by atoms with Gasteiger partial charge in [-0.1, -0.05) is 121 Å². The van der Waals surface area contributed by atoms with Gasteiger partial charge in [0.15, 0.2) is 0 Å². The Hall–Kier alpha value is -8.08. The molecule has 1 heterocycles. The van der Waals surface area contributed by atoms with E-state index >= 15 is 0 Å². The zero-order valence-corrected chi connectivity index (χ0v) is 33.7. The molecule has 0 fully saturated rings. The highest BCUT2D eigenvalue weighted by atomic mass is 15.2. The Balaban J connectivity index is 1.06. The summed E-state index contributed by atoms with van der Waals surface area (Å²) in [7, 11) is 0. The quantitative estimate of drug-likeness (QED) is 0.157. The molecule has 4 heteroatoms. The van der Waals surface area contributed by atoms with E-state index in [-0.39, 0.29) is 11.8 Å². The molecule has 11 aromatic rings. The number of para-hydroxylation sites is 4. The summed E-state index contributed by atoms with van der Waals surface area (Å²) in [6, 6.07) is 79.1. The van der Waals surface area contributed by atoms with Crippen LogP contribution in [-0.2, 0) is 0 Å². The molecule has 3 aliphatic rings. The van der Waals surface area contributed by atoms with Crippen molar-refractivity contribution in [2.75, 3.05) is 9.80 Å². The summed E-state index contributed by atoms with van der Waals surface area (Å²) in [5.41, 5.74) is 16.1. The van der Waals surface area contributed by atoms with Gasteiger partial charge in [-0.2, -0.15) is 0 Å². The first-order chi connectivity index (χ1) is 30.7. The minimum absolute atomic E-state index is 0.0779. The normalized spacial score (nSPS) is 14.8. The maximum atomic E-state index is 5.49. The molecule has 0 saturated heterocycles. The highest BCUT2D eigenvalue weighted by Crippen LogP contribution is 2.55. The minimum Gasteiger partial charge on any atom is -0.310 e. The van der Waals surface area contributed by atoms with Crippen LogP contribution in [0.1, 0.15) is 45.5 Å². The van der Waals surface area contributed by atoms with E-state index in [1.165, 1.54) is 33.0 Å². The number of anilines is 6. The second kappa shape index (κ2) is 13.7. The first kappa shape index (κ1) is 34.8. The van der Waals surface area contributed by atoms with Crippen LogP contribution < -0.4 is 9.80 Å². The Morgan fingerprint density at radius 1 is 0.290 bits per heavy atom. The van der Waals surface area contributed by atoms with Crippen molar-refractivity contribution in [3.63, 3.8) is 0 Å². The summed E-state index contributed by atoms with van der Waals surface area (Å²) in [5, 5.41) is 6.95. The van der Waals surface area contributed by atoms with E-state index in [9.17, 15) is 0 Å². The van der Waals surface area contributed by atoms with E-state index in [1.54, 1.807) is 0 Å². The van der Waals surface area contributed by atoms with Gasteiger partial charge in [0.25, 0.3) is 0 Å². The summed E-state index contributed by atoms with van der Waals surface area (Å²) >= 11 is 0. The lowest BCUT2D eigenvalue weighted by Gasteiger charge is -2.40. The lowest BCUT2D eigenvalue weighted by molar-refractivity contribution is 0.709. The molecule has 4 nitrogen and oxygen atoms in total. The van der Waals surface area contributed by atoms with Crippen LogP contribution in [0.25, 0.3) is 43.4 Å². The van der Waals surface area contributed by atoms with Crippen LogP contribution in [0, 0.1) is 0 Å². The van der Waals surface area contributed by atoms with Crippen molar-refractivity contribution in [3.05, 3.63) is 252 Å². The van der Waals surface area contributed by atoms with Crippen LogP contribution in [0.3, 0.4) is 0 Å². The van der Waals surface area contributed by atoms with Gasteiger partial charge >= 0.3 is 0 Å². The third kappa shape index (κ3) is 5.33. The van der Waals surface area contributed by atoms with Crippen molar-refractivity contribution in [1.29, 1.82) is 0 Å². The van der Waals surface area contributed by atoms with Crippen molar-refractivity contribution in [1.82, 2.24) is 9.97 Å². The largest absolute Gasteiger partial charge is 0.310 e. The summed E-state index contributed by atoms with van der Waals surface area (Å²) in [6.45, 7) is 0. The number of fused-ring (bicyclic) bond motifs is 4. The third-order valence-electron chi connectivity index (χ3n) is 13.0. The van der Waals surface area contributed by atoms with Crippen LogP contribution in [0.15, 0.2) is 218 Å². The second-order valence-corrected chi connectivity index (χ2v) is 16.5. The van der Waals surface area contributed by atoms with Crippen LogP contribution >= 0.6 is 0 Å².